The van der Waals surface area contributed by atoms with Crippen LogP contribution in [0.25, 0.3) is 0 Å². The minimum Gasteiger partial charge on any atom is -0.370 e. The molecule has 0 spiro atoms. The molecule has 0 radical (unpaired) electrons. The second-order valence-electron chi connectivity index (χ2n) is 5.68. The summed E-state index contributed by atoms with van der Waals surface area (Å²) in [5.41, 5.74) is 5.56. The number of hydrogen-bond donors (Lipinski definition) is 2. The van der Waals surface area contributed by atoms with Crippen LogP contribution in [0.15, 0.2) is 0 Å². The first-order valence-corrected chi connectivity index (χ1v) is 5.92. The van der Waals surface area contributed by atoms with Crippen molar-refractivity contribution in [3.8, 4) is 0 Å². The monoisotopic (exact) mass is 212 g/mol. The molecule has 1 rings (SSSR count). The van der Waals surface area contributed by atoms with Crippen molar-refractivity contribution in [2.75, 3.05) is 6.54 Å². The van der Waals surface area contributed by atoms with Crippen LogP contribution in [0.3, 0.4) is 0 Å². The van der Waals surface area contributed by atoms with E-state index in [4.69, 9.17) is 5.73 Å². The van der Waals surface area contributed by atoms with E-state index in [-0.39, 0.29) is 5.91 Å². The molecule has 15 heavy (non-hydrogen) atoms. The number of nitrogens with one attached hydrogen (secondary N) is 1. The molecule has 1 aliphatic rings. The lowest BCUT2D eigenvalue weighted by atomic mass is 9.91. The summed E-state index contributed by atoms with van der Waals surface area (Å²) < 4.78 is 0. The Kier molecular flexibility index (Phi) is 4.14. The number of rotatable bonds is 5. The van der Waals surface area contributed by atoms with Gasteiger partial charge in [0.05, 0.1) is 0 Å². The van der Waals surface area contributed by atoms with E-state index in [0.29, 0.717) is 17.9 Å². The molecule has 2 unspecified atom stereocenters. The lowest BCUT2D eigenvalue weighted by Gasteiger charge is -2.18. The third kappa shape index (κ3) is 4.20. The van der Waals surface area contributed by atoms with Crippen molar-refractivity contribution in [3.05, 3.63) is 0 Å². The van der Waals surface area contributed by atoms with Gasteiger partial charge in [-0.2, -0.15) is 0 Å². The molecule has 3 nitrogen and oxygen atoms in total. The van der Waals surface area contributed by atoms with E-state index in [2.05, 4.69) is 26.1 Å². The molecule has 0 saturated heterocycles. The molecule has 3 N–H and O–H groups in total. The zero-order valence-corrected chi connectivity index (χ0v) is 10.2. The fourth-order valence-electron chi connectivity index (χ4n) is 2.72. The minimum atomic E-state index is -0.198. The van der Waals surface area contributed by atoms with Crippen molar-refractivity contribution in [3.63, 3.8) is 0 Å². The van der Waals surface area contributed by atoms with E-state index in [9.17, 15) is 4.79 Å². The Morgan fingerprint density at radius 3 is 2.60 bits per heavy atom. The average Bonchev–Trinajstić information content (AvgIpc) is 2.33. The Labute approximate surface area is 92.8 Å². The topological polar surface area (TPSA) is 55.1 Å². The summed E-state index contributed by atoms with van der Waals surface area (Å²) >= 11 is 0. The van der Waals surface area contributed by atoms with Gasteiger partial charge in [-0.3, -0.25) is 4.79 Å². The summed E-state index contributed by atoms with van der Waals surface area (Å²) in [5, 5.41) is 3.53. The summed E-state index contributed by atoms with van der Waals surface area (Å²) in [7, 11) is 0. The van der Waals surface area contributed by atoms with Crippen molar-refractivity contribution in [2.45, 2.75) is 52.5 Å². The molecule has 0 heterocycles. The lowest BCUT2D eigenvalue weighted by molar-refractivity contribution is -0.118. The molecular weight excluding hydrogens is 188 g/mol. The van der Waals surface area contributed by atoms with Crippen LogP contribution in [0.2, 0.25) is 0 Å². The summed E-state index contributed by atoms with van der Waals surface area (Å²) in [6.45, 7) is 7.87. The first kappa shape index (κ1) is 12.5. The van der Waals surface area contributed by atoms with Crippen LogP contribution in [0.4, 0.5) is 0 Å². The van der Waals surface area contributed by atoms with Gasteiger partial charge in [0.2, 0.25) is 5.91 Å². The predicted molar refractivity (Wildman–Crippen MR) is 62.4 cm³/mol. The predicted octanol–water partition coefficient (Wildman–Crippen LogP) is 1.67. The molecule has 0 aromatic heterocycles. The van der Waals surface area contributed by atoms with Crippen LogP contribution in [0.1, 0.15) is 46.5 Å². The molecule has 0 aliphatic heterocycles. The fraction of sp³-hybridized carbons (Fsp3) is 0.917. The summed E-state index contributed by atoms with van der Waals surface area (Å²) in [4.78, 5) is 10.6. The van der Waals surface area contributed by atoms with Crippen LogP contribution in [0.5, 0.6) is 0 Å². The number of primary amides is 1. The third-order valence-electron chi connectivity index (χ3n) is 3.34. The number of amides is 1. The van der Waals surface area contributed by atoms with E-state index in [0.717, 1.165) is 18.9 Å². The molecule has 88 valence electrons. The van der Waals surface area contributed by atoms with E-state index in [1.165, 1.54) is 12.8 Å². The Bertz CT molecular complexity index is 226. The molecule has 1 aliphatic carbocycles. The van der Waals surface area contributed by atoms with Gasteiger partial charge in [0.25, 0.3) is 0 Å². The van der Waals surface area contributed by atoms with E-state index in [1.807, 2.05) is 0 Å². The standard InChI is InChI=1S/C12H24N2O/c1-9-7-12(2,3)8-10(9)14-6-4-5-11(13)15/h9-10,14H,4-8H2,1-3H3,(H2,13,15). The highest BCUT2D eigenvalue weighted by Crippen LogP contribution is 2.40. The number of carbonyl (C=O) groups is 1. The normalized spacial score (nSPS) is 29.3. The summed E-state index contributed by atoms with van der Waals surface area (Å²) in [6, 6.07) is 0.618. The van der Waals surface area contributed by atoms with Crippen LogP contribution < -0.4 is 11.1 Å². The molecule has 0 aromatic carbocycles. The van der Waals surface area contributed by atoms with Gasteiger partial charge in [-0.15, -0.1) is 0 Å². The second-order valence-corrected chi connectivity index (χ2v) is 5.68. The van der Waals surface area contributed by atoms with Crippen LogP contribution in [-0.4, -0.2) is 18.5 Å². The van der Waals surface area contributed by atoms with Gasteiger partial charge < -0.3 is 11.1 Å². The van der Waals surface area contributed by atoms with Crippen LogP contribution in [0, 0.1) is 11.3 Å². The molecule has 0 aromatic rings. The van der Waals surface area contributed by atoms with Crippen LogP contribution >= 0.6 is 0 Å². The molecule has 0 bridgehead atoms. The Morgan fingerprint density at radius 2 is 2.13 bits per heavy atom. The Morgan fingerprint density at radius 1 is 1.47 bits per heavy atom. The summed E-state index contributed by atoms with van der Waals surface area (Å²) in [5.74, 6) is 0.546. The maximum absolute atomic E-state index is 10.6. The van der Waals surface area contributed by atoms with Crippen molar-refractivity contribution in [2.24, 2.45) is 17.1 Å². The van der Waals surface area contributed by atoms with E-state index in [1.54, 1.807) is 0 Å². The average molecular weight is 212 g/mol. The number of hydrogen-bond acceptors (Lipinski definition) is 2. The zero-order chi connectivity index (χ0) is 11.5. The highest BCUT2D eigenvalue weighted by atomic mass is 16.1. The van der Waals surface area contributed by atoms with Crippen molar-refractivity contribution >= 4 is 5.91 Å². The number of carbonyl (C=O) groups excluding carboxylic acids is 1. The van der Waals surface area contributed by atoms with Gasteiger partial charge in [0, 0.05) is 12.5 Å². The molecule has 1 amide bonds. The number of nitrogens with two attached hydrogens (primary N) is 1. The zero-order valence-electron chi connectivity index (χ0n) is 10.2. The first-order valence-electron chi connectivity index (χ1n) is 5.92. The van der Waals surface area contributed by atoms with Gasteiger partial charge in [-0.1, -0.05) is 20.8 Å². The third-order valence-corrected chi connectivity index (χ3v) is 3.34. The molecule has 1 saturated carbocycles. The molecule has 3 heteroatoms. The fourth-order valence-corrected chi connectivity index (χ4v) is 2.72. The van der Waals surface area contributed by atoms with Gasteiger partial charge in [0.15, 0.2) is 0 Å². The molecule has 2 atom stereocenters. The van der Waals surface area contributed by atoms with E-state index >= 15 is 0 Å². The summed E-state index contributed by atoms with van der Waals surface area (Å²) in [6.07, 6.45) is 3.89. The second kappa shape index (κ2) is 4.97. The lowest BCUT2D eigenvalue weighted by Crippen LogP contribution is -2.32. The maximum Gasteiger partial charge on any atom is 0.217 e. The van der Waals surface area contributed by atoms with Crippen LogP contribution in [-0.2, 0) is 4.79 Å². The van der Waals surface area contributed by atoms with Crippen molar-refractivity contribution in [1.29, 1.82) is 0 Å². The molecular formula is C12H24N2O. The van der Waals surface area contributed by atoms with Crippen molar-refractivity contribution in [1.82, 2.24) is 5.32 Å². The SMILES string of the molecule is CC1CC(C)(C)CC1NCCCC(N)=O. The Balaban J connectivity index is 2.19. The van der Waals surface area contributed by atoms with Gasteiger partial charge in [-0.25, -0.2) is 0 Å². The van der Waals surface area contributed by atoms with Gasteiger partial charge in [0.1, 0.15) is 0 Å². The largest absolute Gasteiger partial charge is 0.370 e. The van der Waals surface area contributed by atoms with Gasteiger partial charge in [-0.05, 0) is 37.1 Å². The van der Waals surface area contributed by atoms with Crippen molar-refractivity contribution < 1.29 is 4.79 Å². The first-order chi connectivity index (χ1) is 6.91. The molecule has 1 fully saturated rings. The van der Waals surface area contributed by atoms with E-state index < -0.39 is 0 Å². The minimum absolute atomic E-state index is 0.198. The highest BCUT2D eigenvalue weighted by Gasteiger charge is 2.35. The highest BCUT2D eigenvalue weighted by molar-refractivity contribution is 5.73. The Hall–Kier alpha value is -0.570. The maximum atomic E-state index is 10.6. The van der Waals surface area contributed by atoms with Gasteiger partial charge >= 0.3 is 0 Å². The quantitative estimate of drug-likeness (QED) is 0.681. The smallest absolute Gasteiger partial charge is 0.217 e.